The van der Waals surface area contributed by atoms with Gasteiger partial charge in [-0.15, -0.1) is 0 Å². The van der Waals surface area contributed by atoms with E-state index in [1.165, 1.54) is 0 Å². The summed E-state index contributed by atoms with van der Waals surface area (Å²) in [5.41, 5.74) is 0.976. The van der Waals surface area contributed by atoms with Crippen LogP contribution in [0.4, 0.5) is 8.78 Å². The first-order valence-corrected chi connectivity index (χ1v) is 7.58. The molecule has 0 amide bonds. The van der Waals surface area contributed by atoms with Crippen molar-refractivity contribution in [3.63, 3.8) is 0 Å². The van der Waals surface area contributed by atoms with Crippen molar-refractivity contribution in [2.24, 2.45) is 4.99 Å². The fourth-order valence-electron chi connectivity index (χ4n) is 2.01. The quantitative estimate of drug-likeness (QED) is 0.630. The third kappa shape index (κ3) is 5.19. The van der Waals surface area contributed by atoms with Crippen molar-refractivity contribution >= 4 is 5.96 Å². The normalized spacial score (nSPS) is 11.2. The molecule has 0 fully saturated rings. The van der Waals surface area contributed by atoms with Gasteiger partial charge in [-0.2, -0.15) is 0 Å². The molecule has 5 nitrogen and oxygen atoms in total. The van der Waals surface area contributed by atoms with Gasteiger partial charge in [0.25, 0.3) is 0 Å². The van der Waals surface area contributed by atoms with Gasteiger partial charge in [-0.1, -0.05) is 6.07 Å². The highest BCUT2D eigenvalue weighted by molar-refractivity contribution is 5.79. The fourth-order valence-corrected chi connectivity index (χ4v) is 2.01. The number of halogens is 2. The largest absolute Gasteiger partial charge is 0.481 e. The van der Waals surface area contributed by atoms with E-state index in [2.05, 4.69) is 20.6 Å². The summed E-state index contributed by atoms with van der Waals surface area (Å²) in [4.78, 5) is 8.56. The summed E-state index contributed by atoms with van der Waals surface area (Å²) in [6.07, 6.45) is 0. The van der Waals surface area contributed by atoms with Crippen LogP contribution in [0.5, 0.6) is 5.88 Å². The standard InChI is InChI=1S/C17H20F2N4O/c1-3-20-17(21-10-12-9-13(18)7-8-15(12)19)22-11-14-5-4-6-16(23-14)24-2/h4-9H,3,10-11H2,1-2H3,(H2,20,21,22). The van der Waals surface area contributed by atoms with Crippen LogP contribution in [0, 0.1) is 11.6 Å². The molecule has 0 saturated carbocycles. The Morgan fingerprint density at radius 1 is 1.21 bits per heavy atom. The maximum absolute atomic E-state index is 13.6. The van der Waals surface area contributed by atoms with Crippen LogP contribution in [0.3, 0.4) is 0 Å². The summed E-state index contributed by atoms with van der Waals surface area (Å²) in [6.45, 7) is 3.02. The summed E-state index contributed by atoms with van der Waals surface area (Å²) < 4.78 is 31.9. The molecule has 2 aromatic rings. The minimum absolute atomic E-state index is 0.0322. The van der Waals surface area contributed by atoms with Crippen LogP contribution in [-0.4, -0.2) is 24.6 Å². The molecule has 128 valence electrons. The lowest BCUT2D eigenvalue weighted by molar-refractivity contribution is 0.396. The Hall–Kier alpha value is -2.70. The van der Waals surface area contributed by atoms with Crippen molar-refractivity contribution in [2.75, 3.05) is 13.7 Å². The molecule has 0 bridgehead atoms. The molecule has 2 N–H and O–H groups in total. The number of pyridine rings is 1. The molecule has 0 aliphatic rings. The molecule has 0 saturated heterocycles. The number of aromatic nitrogens is 1. The van der Waals surface area contributed by atoms with E-state index in [1.807, 2.05) is 19.1 Å². The van der Waals surface area contributed by atoms with Crippen LogP contribution in [0.2, 0.25) is 0 Å². The first-order valence-electron chi connectivity index (χ1n) is 7.58. The number of benzene rings is 1. The molecule has 0 radical (unpaired) electrons. The number of guanidine groups is 1. The van der Waals surface area contributed by atoms with E-state index in [0.717, 1.165) is 23.9 Å². The van der Waals surface area contributed by atoms with Gasteiger partial charge >= 0.3 is 0 Å². The fraction of sp³-hybridized carbons (Fsp3) is 0.294. The lowest BCUT2D eigenvalue weighted by atomic mass is 10.2. The third-order valence-corrected chi connectivity index (χ3v) is 3.19. The molecule has 1 aromatic carbocycles. The molecule has 1 heterocycles. The van der Waals surface area contributed by atoms with Crippen LogP contribution < -0.4 is 15.4 Å². The van der Waals surface area contributed by atoms with Gasteiger partial charge in [0.05, 0.1) is 25.9 Å². The second-order valence-electron chi connectivity index (χ2n) is 4.96. The Bertz CT molecular complexity index is 707. The van der Waals surface area contributed by atoms with Crippen LogP contribution in [-0.2, 0) is 13.1 Å². The van der Waals surface area contributed by atoms with E-state index >= 15 is 0 Å². The highest BCUT2D eigenvalue weighted by Crippen LogP contribution is 2.11. The molecule has 0 unspecified atom stereocenters. The Balaban J connectivity index is 2.03. The number of hydrogen-bond donors (Lipinski definition) is 2. The Labute approximate surface area is 139 Å². The average Bonchev–Trinajstić information content (AvgIpc) is 2.60. The summed E-state index contributed by atoms with van der Waals surface area (Å²) in [6, 6.07) is 8.78. The summed E-state index contributed by atoms with van der Waals surface area (Å²) in [5, 5.41) is 6.15. The zero-order valence-electron chi connectivity index (χ0n) is 13.6. The van der Waals surface area contributed by atoms with Crippen molar-refractivity contribution in [1.29, 1.82) is 0 Å². The molecule has 0 aliphatic carbocycles. The predicted molar refractivity (Wildman–Crippen MR) is 88.8 cm³/mol. The SMILES string of the molecule is CCNC(=NCc1cc(F)ccc1F)NCc1cccc(OC)n1. The Kier molecular flexibility index (Phi) is 6.48. The number of hydrogen-bond acceptors (Lipinski definition) is 3. The maximum Gasteiger partial charge on any atom is 0.213 e. The number of methoxy groups -OCH3 is 1. The van der Waals surface area contributed by atoms with Gasteiger partial charge in [0.1, 0.15) is 11.6 Å². The van der Waals surface area contributed by atoms with Crippen molar-refractivity contribution in [3.05, 3.63) is 59.3 Å². The first kappa shape index (κ1) is 17.7. The van der Waals surface area contributed by atoms with Crippen molar-refractivity contribution < 1.29 is 13.5 Å². The lowest BCUT2D eigenvalue weighted by Gasteiger charge is -2.11. The predicted octanol–water partition coefficient (Wildman–Crippen LogP) is 2.62. The van der Waals surface area contributed by atoms with Crippen molar-refractivity contribution in [3.8, 4) is 5.88 Å². The minimum Gasteiger partial charge on any atom is -0.481 e. The Morgan fingerprint density at radius 2 is 2.04 bits per heavy atom. The average molecular weight is 334 g/mol. The van der Waals surface area contributed by atoms with Gasteiger partial charge in [0, 0.05) is 18.2 Å². The van der Waals surface area contributed by atoms with Crippen LogP contribution >= 0.6 is 0 Å². The number of nitrogens with zero attached hydrogens (tertiary/aromatic N) is 2. The number of nitrogens with one attached hydrogen (secondary N) is 2. The summed E-state index contributed by atoms with van der Waals surface area (Å²) in [7, 11) is 1.55. The topological polar surface area (TPSA) is 58.5 Å². The molecular formula is C17H20F2N4O. The molecule has 7 heteroatoms. The molecule has 0 atom stereocenters. The van der Waals surface area contributed by atoms with Crippen LogP contribution in [0.15, 0.2) is 41.4 Å². The van der Waals surface area contributed by atoms with Gasteiger partial charge < -0.3 is 15.4 Å². The summed E-state index contributed by atoms with van der Waals surface area (Å²) in [5.74, 6) is 0.0504. The van der Waals surface area contributed by atoms with E-state index in [0.29, 0.717) is 24.9 Å². The monoisotopic (exact) mass is 334 g/mol. The molecule has 0 spiro atoms. The molecule has 24 heavy (non-hydrogen) atoms. The smallest absolute Gasteiger partial charge is 0.213 e. The van der Waals surface area contributed by atoms with Crippen LogP contribution in [0.1, 0.15) is 18.2 Å². The van der Waals surface area contributed by atoms with Crippen molar-refractivity contribution in [1.82, 2.24) is 15.6 Å². The van der Waals surface area contributed by atoms with E-state index in [1.54, 1.807) is 13.2 Å². The van der Waals surface area contributed by atoms with Gasteiger partial charge in [0.15, 0.2) is 5.96 Å². The molecular weight excluding hydrogens is 314 g/mol. The zero-order valence-corrected chi connectivity index (χ0v) is 13.6. The lowest BCUT2D eigenvalue weighted by Crippen LogP contribution is -2.37. The minimum atomic E-state index is -0.486. The van der Waals surface area contributed by atoms with Gasteiger partial charge in [0.2, 0.25) is 5.88 Å². The first-order chi connectivity index (χ1) is 11.6. The molecule has 1 aromatic heterocycles. The van der Waals surface area contributed by atoms with E-state index < -0.39 is 11.6 Å². The third-order valence-electron chi connectivity index (χ3n) is 3.19. The van der Waals surface area contributed by atoms with E-state index in [9.17, 15) is 8.78 Å². The van der Waals surface area contributed by atoms with Gasteiger partial charge in [-0.05, 0) is 31.2 Å². The van der Waals surface area contributed by atoms with Gasteiger partial charge in [-0.25, -0.2) is 18.8 Å². The number of aliphatic imine (C=N–C) groups is 1. The second kappa shape index (κ2) is 8.81. The molecule has 0 aliphatic heterocycles. The van der Waals surface area contributed by atoms with E-state index in [4.69, 9.17) is 4.74 Å². The summed E-state index contributed by atoms with van der Waals surface area (Å²) >= 11 is 0. The maximum atomic E-state index is 13.6. The number of rotatable bonds is 6. The Morgan fingerprint density at radius 3 is 2.79 bits per heavy atom. The highest BCUT2D eigenvalue weighted by atomic mass is 19.1. The van der Waals surface area contributed by atoms with E-state index in [-0.39, 0.29) is 12.1 Å². The van der Waals surface area contributed by atoms with Crippen LogP contribution in [0.25, 0.3) is 0 Å². The second-order valence-corrected chi connectivity index (χ2v) is 4.96. The zero-order chi connectivity index (χ0) is 17.4. The van der Waals surface area contributed by atoms with Gasteiger partial charge in [-0.3, -0.25) is 0 Å². The van der Waals surface area contributed by atoms with Crippen molar-refractivity contribution in [2.45, 2.75) is 20.0 Å². The molecule has 2 rings (SSSR count). The number of ether oxygens (including phenoxy) is 1. The highest BCUT2D eigenvalue weighted by Gasteiger charge is 2.05.